The molecule has 17 heavy (non-hydrogen) atoms. The summed E-state index contributed by atoms with van der Waals surface area (Å²) in [5, 5.41) is 0. The molecule has 0 aliphatic carbocycles. The molecule has 0 radical (unpaired) electrons. The molecule has 0 N–H and O–H groups in total. The summed E-state index contributed by atoms with van der Waals surface area (Å²) in [4.78, 5) is 0. The molecule has 0 fully saturated rings. The molecule has 0 saturated carbocycles. The Balaban J connectivity index is -0.0000000693. The number of unbranched alkanes of at least 4 members (excludes halogenated alkanes) is 2. The molecule has 110 valence electrons. The summed E-state index contributed by atoms with van der Waals surface area (Å²) < 4.78 is 0. The predicted molar refractivity (Wildman–Crippen MR) is 86.8 cm³/mol. The maximum atomic E-state index is 2.22. The summed E-state index contributed by atoms with van der Waals surface area (Å²) in [6, 6.07) is 0. The van der Waals surface area contributed by atoms with E-state index in [9.17, 15) is 0 Å². The second kappa shape index (κ2) is 29.8. The summed E-state index contributed by atoms with van der Waals surface area (Å²) in [6.45, 7) is 21.7. The Hall–Kier alpha value is 0. The predicted octanol–water partition coefficient (Wildman–Crippen LogP) is 7.33. The standard InChI is InChI=1S/3C5H12.C2H6/c2*1-4-5(2)3;1-3-5-4-2;1-2/h2*5H,4H2,1-3H3;3-5H2,1-2H3;1-2H3. The lowest BCUT2D eigenvalue weighted by Gasteiger charge is -1.90. The van der Waals surface area contributed by atoms with Crippen molar-refractivity contribution in [3.8, 4) is 0 Å². The summed E-state index contributed by atoms with van der Waals surface area (Å²) in [6.07, 6.45) is 6.69. The molecular weight excluding hydrogens is 204 g/mol. The van der Waals surface area contributed by atoms with Gasteiger partial charge in [0, 0.05) is 0 Å². The summed E-state index contributed by atoms with van der Waals surface area (Å²) in [7, 11) is 0. The molecule has 0 spiro atoms. The minimum atomic E-state index is 0.884. The summed E-state index contributed by atoms with van der Waals surface area (Å²) in [5.74, 6) is 1.77. The van der Waals surface area contributed by atoms with E-state index in [-0.39, 0.29) is 0 Å². The van der Waals surface area contributed by atoms with E-state index < -0.39 is 0 Å². The fraction of sp³-hybridized carbons (Fsp3) is 1.00. The monoisotopic (exact) mass is 246 g/mol. The first-order valence-electron chi connectivity index (χ1n) is 7.95. The van der Waals surface area contributed by atoms with Crippen molar-refractivity contribution in [2.45, 2.75) is 101 Å². The van der Waals surface area contributed by atoms with Crippen LogP contribution in [0.2, 0.25) is 0 Å². The molecule has 0 atom stereocenters. The maximum absolute atomic E-state index is 2.22. The Morgan fingerprint density at radius 1 is 0.588 bits per heavy atom. The van der Waals surface area contributed by atoms with E-state index in [0.717, 1.165) is 11.8 Å². The van der Waals surface area contributed by atoms with Crippen LogP contribution < -0.4 is 0 Å². The average Bonchev–Trinajstić information content (AvgIpc) is 2.34. The van der Waals surface area contributed by atoms with Gasteiger partial charge in [0.25, 0.3) is 0 Å². The Bertz CT molecular complexity index is 62.1. The second-order valence-electron chi connectivity index (χ2n) is 4.96. The topological polar surface area (TPSA) is 0 Å². The van der Waals surface area contributed by atoms with Gasteiger partial charge in [0.1, 0.15) is 0 Å². The van der Waals surface area contributed by atoms with Crippen molar-refractivity contribution in [3.05, 3.63) is 0 Å². The quantitative estimate of drug-likeness (QED) is 0.487. The molecule has 0 aromatic heterocycles. The molecule has 0 bridgehead atoms. The van der Waals surface area contributed by atoms with Crippen molar-refractivity contribution < 1.29 is 0 Å². The van der Waals surface area contributed by atoms with Crippen LogP contribution in [-0.4, -0.2) is 0 Å². The normalized spacial score (nSPS) is 8.47. The second-order valence-corrected chi connectivity index (χ2v) is 4.96. The third-order valence-corrected chi connectivity index (χ3v) is 2.34. The molecule has 0 heteroatoms. The van der Waals surface area contributed by atoms with Gasteiger partial charge in [-0.15, -0.1) is 0 Å². The van der Waals surface area contributed by atoms with Crippen molar-refractivity contribution in [1.82, 2.24) is 0 Å². The molecule has 0 unspecified atom stereocenters. The Labute approximate surface area is 114 Å². The van der Waals surface area contributed by atoms with Gasteiger partial charge < -0.3 is 0 Å². The van der Waals surface area contributed by atoms with Gasteiger partial charge in [0.05, 0.1) is 0 Å². The molecule has 0 aliphatic heterocycles. The molecule has 0 heterocycles. The zero-order valence-corrected chi connectivity index (χ0v) is 14.7. The van der Waals surface area contributed by atoms with Crippen LogP contribution in [0, 0.1) is 11.8 Å². The van der Waals surface area contributed by atoms with Gasteiger partial charge in [-0.25, -0.2) is 0 Å². The van der Waals surface area contributed by atoms with Gasteiger partial charge in [-0.2, -0.15) is 0 Å². The molecule has 0 aromatic carbocycles. The number of hydrogen-bond acceptors (Lipinski definition) is 0. The zero-order valence-electron chi connectivity index (χ0n) is 14.7. The fourth-order valence-electron chi connectivity index (χ4n) is 0.354. The van der Waals surface area contributed by atoms with E-state index in [4.69, 9.17) is 0 Å². The smallest absolute Gasteiger partial charge is 0.0474 e. The average molecular weight is 247 g/mol. The van der Waals surface area contributed by atoms with E-state index in [2.05, 4.69) is 55.4 Å². The van der Waals surface area contributed by atoms with Gasteiger partial charge in [-0.1, -0.05) is 101 Å². The van der Waals surface area contributed by atoms with Gasteiger partial charge in [0.15, 0.2) is 0 Å². The van der Waals surface area contributed by atoms with Crippen molar-refractivity contribution in [1.29, 1.82) is 0 Å². The highest BCUT2D eigenvalue weighted by atomic mass is 13.9. The SMILES string of the molecule is CC.CCC(C)C.CCC(C)C.CCCCC. The molecular formula is C17H42. The van der Waals surface area contributed by atoms with Gasteiger partial charge in [-0.05, 0) is 11.8 Å². The fourth-order valence-corrected chi connectivity index (χ4v) is 0.354. The largest absolute Gasteiger partial charge is 0.0683 e. The van der Waals surface area contributed by atoms with Gasteiger partial charge in [-0.3, -0.25) is 0 Å². The van der Waals surface area contributed by atoms with Crippen LogP contribution in [0.15, 0.2) is 0 Å². The first kappa shape index (κ1) is 25.8. The maximum Gasteiger partial charge on any atom is -0.0474 e. The summed E-state index contributed by atoms with van der Waals surface area (Å²) >= 11 is 0. The molecule has 0 rings (SSSR count). The van der Waals surface area contributed by atoms with Crippen LogP contribution in [0.1, 0.15) is 101 Å². The van der Waals surface area contributed by atoms with E-state index in [1.54, 1.807) is 0 Å². The van der Waals surface area contributed by atoms with E-state index in [0.29, 0.717) is 0 Å². The number of rotatable bonds is 4. The number of hydrogen-bond donors (Lipinski definition) is 0. The third kappa shape index (κ3) is 87.1. The van der Waals surface area contributed by atoms with Crippen LogP contribution in [0.3, 0.4) is 0 Å². The van der Waals surface area contributed by atoms with E-state index >= 15 is 0 Å². The van der Waals surface area contributed by atoms with E-state index in [1.165, 1.54) is 32.1 Å². The van der Waals surface area contributed by atoms with Crippen LogP contribution >= 0.6 is 0 Å². The van der Waals surface area contributed by atoms with Crippen molar-refractivity contribution >= 4 is 0 Å². The molecule has 0 saturated heterocycles. The van der Waals surface area contributed by atoms with Crippen LogP contribution in [0.5, 0.6) is 0 Å². The highest BCUT2D eigenvalue weighted by Gasteiger charge is 1.80. The minimum Gasteiger partial charge on any atom is -0.0683 e. The molecule has 0 amide bonds. The Kier molecular flexibility index (Phi) is 45.1. The lowest BCUT2D eigenvalue weighted by Crippen LogP contribution is -1.77. The van der Waals surface area contributed by atoms with Crippen molar-refractivity contribution in [2.24, 2.45) is 11.8 Å². The van der Waals surface area contributed by atoms with Gasteiger partial charge in [0.2, 0.25) is 0 Å². The Morgan fingerprint density at radius 2 is 0.765 bits per heavy atom. The first-order chi connectivity index (χ1) is 7.95. The van der Waals surface area contributed by atoms with Gasteiger partial charge >= 0.3 is 0 Å². The minimum absolute atomic E-state index is 0.884. The molecule has 0 aliphatic rings. The highest BCUT2D eigenvalue weighted by molar-refractivity contribution is 4.33. The lowest BCUT2D eigenvalue weighted by atomic mass is 10.2. The molecule has 0 nitrogen and oxygen atoms in total. The highest BCUT2D eigenvalue weighted by Crippen LogP contribution is 1.94. The Morgan fingerprint density at radius 3 is 0.765 bits per heavy atom. The van der Waals surface area contributed by atoms with Crippen LogP contribution in [0.4, 0.5) is 0 Å². The third-order valence-electron chi connectivity index (χ3n) is 2.34. The first-order valence-corrected chi connectivity index (χ1v) is 7.95. The zero-order chi connectivity index (χ0) is 14.7. The van der Waals surface area contributed by atoms with Crippen LogP contribution in [-0.2, 0) is 0 Å². The van der Waals surface area contributed by atoms with Crippen molar-refractivity contribution in [3.63, 3.8) is 0 Å². The molecule has 0 aromatic rings. The van der Waals surface area contributed by atoms with Crippen LogP contribution in [0.25, 0.3) is 0 Å². The van der Waals surface area contributed by atoms with Crippen molar-refractivity contribution in [2.75, 3.05) is 0 Å². The summed E-state index contributed by atoms with van der Waals surface area (Å²) in [5.41, 5.74) is 0. The van der Waals surface area contributed by atoms with E-state index in [1.807, 2.05) is 13.8 Å². The lowest BCUT2D eigenvalue weighted by molar-refractivity contribution is 0.626.